The summed E-state index contributed by atoms with van der Waals surface area (Å²) in [6.45, 7) is 1.92. The number of allylic oxidation sites excluding steroid dienone is 2. The van der Waals surface area contributed by atoms with E-state index in [-0.39, 0.29) is 11.6 Å². The zero-order valence-corrected chi connectivity index (χ0v) is 15.4. The van der Waals surface area contributed by atoms with Gasteiger partial charge in [0.2, 0.25) is 0 Å². The SMILES string of the molecule is CC(=C\c1ccccc1)/C=C1/SC(=S)N(c2ccc([N+](=O)[O-])cc2)C1=O. The number of thioether (sulfide) groups is 1. The Morgan fingerprint density at radius 1 is 1.15 bits per heavy atom. The lowest BCUT2D eigenvalue weighted by Crippen LogP contribution is -2.27. The van der Waals surface area contributed by atoms with E-state index in [0.717, 1.165) is 11.1 Å². The van der Waals surface area contributed by atoms with E-state index in [2.05, 4.69) is 0 Å². The summed E-state index contributed by atoms with van der Waals surface area (Å²) in [5.74, 6) is -0.227. The van der Waals surface area contributed by atoms with Gasteiger partial charge in [0, 0.05) is 12.1 Å². The van der Waals surface area contributed by atoms with Gasteiger partial charge >= 0.3 is 0 Å². The summed E-state index contributed by atoms with van der Waals surface area (Å²) < 4.78 is 0.405. The molecule has 0 radical (unpaired) electrons. The number of amides is 1. The van der Waals surface area contributed by atoms with E-state index >= 15 is 0 Å². The predicted octanol–water partition coefficient (Wildman–Crippen LogP) is 4.95. The first-order valence-corrected chi connectivity index (χ1v) is 8.94. The molecule has 0 unspecified atom stereocenters. The highest BCUT2D eigenvalue weighted by Gasteiger charge is 2.33. The van der Waals surface area contributed by atoms with Crippen molar-refractivity contribution in [3.05, 3.63) is 86.8 Å². The van der Waals surface area contributed by atoms with Crippen LogP contribution in [0.25, 0.3) is 6.08 Å². The summed E-state index contributed by atoms with van der Waals surface area (Å²) in [7, 11) is 0. The minimum absolute atomic E-state index is 0.0311. The number of nitro groups is 1. The van der Waals surface area contributed by atoms with Gasteiger partial charge in [0.15, 0.2) is 4.32 Å². The van der Waals surface area contributed by atoms with Crippen LogP contribution in [0.1, 0.15) is 12.5 Å². The number of nitro benzene ring substituents is 1. The maximum Gasteiger partial charge on any atom is 0.270 e. The van der Waals surface area contributed by atoms with Gasteiger partial charge in [0.1, 0.15) is 0 Å². The molecule has 3 rings (SSSR count). The molecule has 0 aromatic heterocycles. The highest BCUT2D eigenvalue weighted by molar-refractivity contribution is 8.27. The molecule has 0 spiro atoms. The Labute approximate surface area is 160 Å². The largest absolute Gasteiger partial charge is 0.270 e. The first-order chi connectivity index (χ1) is 12.5. The number of hydrogen-bond acceptors (Lipinski definition) is 5. The maximum absolute atomic E-state index is 12.7. The molecule has 1 fully saturated rings. The molecule has 1 heterocycles. The first kappa shape index (κ1) is 18.0. The minimum Gasteiger partial charge on any atom is -0.268 e. The van der Waals surface area contributed by atoms with Crippen molar-refractivity contribution in [2.24, 2.45) is 0 Å². The van der Waals surface area contributed by atoms with Gasteiger partial charge in [-0.25, -0.2) is 0 Å². The molecule has 130 valence electrons. The zero-order valence-electron chi connectivity index (χ0n) is 13.8. The summed E-state index contributed by atoms with van der Waals surface area (Å²) in [4.78, 5) is 24.9. The molecule has 5 nitrogen and oxygen atoms in total. The Kier molecular flexibility index (Phi) is 5.29. The molecule has 0 N–H and O–H groups in total. The van der Waals surface area contributed by atoms with Crippen LogP contribution < -0.4 is 4.90 Å². The van der Waals surface area contributed by atoms with E-state index in [0.29, 0.717) is 14.9 Å². The van der Waals surface area contributed by atoms with Crippen LogP contribution in [0.5, 0.6) is 0 Å². The number of benzene rings is 2. The van der Waals surface area contributed by atoms with Crippen molar-refractivity contribution in [2.45, 2.75) is 6.92 Å². The molecule has 1 aliphatic rings. The third-order valence-electron chi connectivity index (χ3n) is 3.67. The monoisotopic (exact) mass is 382 g/mol. The Balaban J connectivity index is 1.84. The average molecular weight is 382 g/mol. The van der Waals surface area contributed by atoms with Crippen LogP contribution in [0.4, 0.5) is 11.4 Å². The normalized spacial score (nSPS) is 16.4. The lowest BCUT2D eigenvalue weighted by Gasteiger charge is -2.13. The van der Waals surface area contributed by atoms with Crippen LogP contribution in [-0.2, 0) is 4.79 Å². The number of carbonyl (C=O) groups excluding carboxylic acids is 1. The van der Waals surface area contributed by atoms with Crippen LogP contribution in [0, 0.1) is 10.1 Å². The van der Waals surface area contributed by atoms with Crippen molar-refractivity contribution in [1.82, 2.24) is 0 Å². The van der Waals surface area contributed by atoms with Gasteiger partial charge < -0.3 is 0 Å². The van der Waals surface area contributed by atoms with Gasteiger partial charge in [-0.2, -0.15) is 0 Å². The molecule has 1 amide bonds. The molecular weight excluding hydrogens is 368 g/mol. The zero-order chi connectivity index (χ0) is 18.7. The van der Waals surface area contributed by atoms with Gasteiger partial charge in [0.05, 0.1) is 15.5 Å². The van der Waals surface area contributed by atoms with Gasteiger partial charge in [-0.3, -0.25) is 19.8 Å². The van der Waals surface area contributed by atoms with Gasteiger partial charge in [-0.1, -0.05) is 60.4 Å². The molecular formula is C19H14N2O3S2. The first-order valence-electron chi connectivity index (χ1n) is 7.71. The number of anilines is 1. The summed E-state index contributed by atoms with van der Waals surface area (Å²) in [6, 6.07) is 15.6. The molecule has 2 aromatic carbocycles. The van der Waals surface area contributed by atoms with Crippen molar-refractivity contribution < 1.29 is 9.72 Å². The molecule has 26 heavy (non-hydrogen) atoms. The van der Waals surface area contributed by atoms with E-state index < -0.39 is 4.92 Å². The Bertz CT molecular complexity index is 935. The minimum atomic E-state index is -0.480. The summed E-state index contributed by atoms with van der Waals surface area (Å²) in [5.41, 5.74) is 2.47. The Hall–Kier alpha value is -2.77. The molecule has 0 atom stereocenters. The second-order valence-corrected chi connectivity index (χ2v) is 7.27. The van der Waals surface area contributed by atoms with Crippen LogP contribution in [-0.4, -0.2) is 15.2 Å². The molecule has 0 aliphatic carbocycles. The Morgan fingerprint density at radius 3 is 2.42 bits per heavy atom. The smallest absolute Gasteiger partial charge is 0.268 e. The molecule has 2 aromatic rings. The summed E-state index contributed by atoms with van der Waals surface area (Å²) in [6.07, 6.45) is 3.79. The van der Waals surface area contributed by atoms with E-state index in [1.165, 1.54) is 40.9 Å². The standard InChI is InChI=1S/C19H14N2O3S2/c1-13(11-14-5-3-2-4-6-14)12-17-18(22)20(19(25)26-17)15-7-9-16(10-8-15)21(23)24/h2-12H,1H3/b13-11+,17-12+. The number of hydrogen-bond donors (Lipinski definition) is 0. The molecule has 0 bridgehead atoms. The fourth-order valence-electron chi connectivity index (χ4n) is 2.47. The van der Waals surface area contributed by atoms with Crippen LogP contribution >= 0.6 is 24.0 Å². The lowest BCUT2D eigenvalue weighted by molar-refractivity contribution is -0.384. The van der Waals surface area contributed by atoms with E-state index in [1.807, 2.05) is 43.3 Å². The Morgan fingerprint density at radius 2 is 1.81 bits per heavy atom. The van der Waals surface area contributed by atoms with Crippen molar-refractivity contribution in [2.75, 3.05) is 4.90 Å². The molecule has 1 aliphatic heterocycles. The quantitative estimate of drug-likeness (QED) is 0.324. The van der Waals surface area contributed by atoms with Crippen LogP contribution in [0.15, 0.2) is 71.2 Å². The number of rotatable bonds is 4. The van der Waals surface area contributed by atoms with E-state index in [9.17, 15) is 14.9 Å². The van der Waals surface area contributed by atoms with Crippen molar-refractivity contribution in [3.63, 3.8) is 0 Å². The summed E-state index contributed by atoms with van der Waals surface area (Å²) in [5, 5.41) is 10.8. The van der Waals surface area contributed by atoms with Gasteiger partial charge in [0.25, 0.3) is 11.6 Å². The van der Waals surface area contributed by atoms with Gasteiger partial charge in [-0.05, 0) is 36.3 Å². The maximum atomic E-state index is 12.7. The molecule has 7 heteroatoms. The van der Waals surface area contributed by atoms with E-state index in [4.69, 9.17) is 12.2 Å². The topological polar surface area (TPSA) is 63.4 Å². The predicted molar refractivity (Wildman–Crippen MR) is 109 cm³/mol. The highest BCUT2D eigenvalue weighted by atomic mass is 32.2. The highest BCUT2D eigenvalue weighted by Crippen LogP contribution is 2.36. The van der Waals surface area contributed by atoms with Crippen molar-refractivity contribution >= 4 is 51.7 Å². The van der Waals surface area contributed by atoms with Crippen molar-refractivity contribution in [1.29, 1.82) is 0 Å². The summed E-state index contributed by atoms with van der Waals surface area (Å²) >= 11 is 6.54. The lowest BCUT2D eigenvalue weighted by atomic mass is 10.1. The van der Waals surface area contributed by atoms with Gasteiger partial charge in [-0.15, -0.1) is 0 Å². The molecule has 1 saturated heterocycles. The third-order valence-corrected chi connectivity index (χ3v) is 4.97. The van der Waals surface area contributed by atoms with E-state index in [1.54, 1.807) is 6.08 Å². The van der Waals surface area contributed by atoms with Crippen LogP contribution in [0.2, 0.25) is 0 Å². The number of non-ortho nitro benzene ring substituents is 1. The second kappa shape index (κ2) is 7.63. The number of nitrogens with zero attached hydrogens (tertiary/aromatic N) is 2. The van der Waals surface area contributed by atoms with Crippen LogP contribution in [0.3, 0.4) is 0 Å². The molecule has 0 saturated carbocycles. The van der Waals surface area contributed by atoms with Crippen molar-refractivity contribution in [3.8, 4) is 0 Å². The number of thiocarbonyl (C=S) groups is 1. The third kappa shape index (κ3) is 3.89. The number of carbonyl (C=O) groups is 1. The average Bonchev–Trinajstić information content (AvgIpc) is 2.89. The fraction of sp³-hybridized carbons (Fsp3) is 0.0526. The fourth-order valence-corrected chi connectivity index (χ4v) is 3.82. The second-order valence-electron chi connectivity index (χ2n) is 5.59.